The summed E-state index contributed by atoms with van der Waals surface area (Å²) in [5, 5.41) is 3.45. The third-order valence-electron chi connectivity index (χ3n) is 3.79. The Morgan fingerprint density at radius 2 is 2.00 bits per heavy atom. The molecule has 0 saturated heterocycles. The smallest absolute Gasteiger partial charge is 0.0782 e. The van der Waals surface area contributed by atoms with Crippen LogP contribution in [0.5, 0.6) is 0 Å². The first-order valence-corrected chi connectivity index (χ1v) is 7.40. The van der Waals surface area contributed by atoms with Crippen LogP contribution in [0, 0.1) is 6.92 Å². The van der Waals surface area contributed by atoms with Gasteiger partial charge >= 0.3 is 0 Å². The van der Waals surface area contributed by atoms with E-state index in [9.17, 15) is 0 Å². The highest BCUT2D eigenvalue weighted by Gasteiger charge is 2.14. The van der Waals surface area contributed by atoms with Gasteiger partial charge in [0.1, 0.15) is 0 Å². The molecule has 0 bridgehead atoms. The monoisotopic (exact) mass is 263 g/mol. The topological polar surface area (TPSA) is 47.0 Å². The maximum atomic E-state index is 5.90. The van der Waals surface area contributed by atoms with Crippen LogP contribution < -0.4 is 5.32 Å². The molecular formula is C15H25N3O. The normalized spacial score (nSPS) is 18.4. The van der Waals surface area contributed by atoms with Gasteiger partial charge in [-0.2, -0.15) is 0 Å². The third-order valence-corrected chi connectivity index (χ3v) is 3.79. The average molecular weight is 263 g/mol. The predicted molar refractivity (Wildman–Crippen MR) is 76.0 cm³/mol. The summed E-state index contributed by atoms with van der Waals surface area (Å²) in [6, 6.07) is 0.226. The second kappa shape index (κ2) is 7.56. The molecule has 1 heterocycles. The highest BCUT2D eigenvalue weighted by atomic mass is 16.5. The zero-order valence-electron chi connectivity index (χ0n) is 12.1. The average Bonchev–Trinajstić information content (AvgIpc) is 2.45. The zero-order valence-corrected chi connectivity index (χ0v) is 12.1. The second-order valence-electron chi connectivity index (χ2n) is 5.33. The number of rotatable bonds is 6. The molecule has 19 heavy (non-hydrogen) atoms. The molecule has 0 amide bonds. The molecule has 1 atom stereocenters. The van der Waals surface area contributed by atoms with E-state index in [4.69, 9.17) is 4.74 Å². The molecule has 2 rings (SSSR count). The highest BCUT2D eigenvalue weighted by molar-refractivity contribution is 5.12. The van der Waals surface area contributed by atoms with Crippen LogP contribution in [0.2, 0.25) is 0 Å². The van der Waals surface area contributed by atoms with Crippen molar-refractivity contribution in [3.05, 3.63) is 23.8 Å². The first-order valence-electron chi connectivity index (χ1n) is 7.40. The number of aromatic nitrogens is 2. The van der Waals surface area contributed by atoms with Crippen molar-refractivity contribution in [2.45, 2.75) is 58.1 Å². The minimum absolute atomic E-state index is 0.226. The lowest BCUT2D eigenvalue weighted by atomic mass is 9.98. The van der Waals surface area contributed by atoms with Crippen molar-refractivity contribution >= 4 is 0 Å². The molecule has 1 N–H and O–H groups in total. The molecule has 1 aliphatic rings. The largest absolute Gasteiger partial charge is 0.377 e. The minimum atomic E-state index is 0.226. The van der Waals surface area contributed by atoms with E-state index in [0.717, 1.165) is 24.5 Å². The molecule has 4 nitrogen and oxygen atoms in total. The van der Waals surface area contributed by atoms with Gasteiger partial charge in [0.2, 0.25) is 0 Å². The van der Waals surface area contributed by atoms with E-state index in [2.05, 4.69) is 22.2 Å². The van der Waals surface area contributed by atoms with Crippen LogP contribution >= 0.6 is 0 Å². The Morgan fingerprint density at radius 1 is 1.26 bits per heavy atom. The first-order chi connectivity index (χ1) is 9.27. The summed E-state index contributed by atoms with van der Waals surface area (Å²) in [5.41, 5.74) is 2.02. The summed E-state index contributed by atoms with van der Waals surface area (Å²) in [6.07, 6.45) is 10.5. The number of hydrogen-bond acceptors (Lipinski definition) is 4. The fourth-order valence-electron chi connectivity index (χ4n) is 2.67. The van der Waals surface area contributed by atoms with Gasteiger partial charge in [-0.1, -0.05) is 19.3 Å². The van der Waals surface area contributed by atoms with Crippen molar-refractivity contribution < 1.29 is 4.74 Å². The highest BCUT2D eigenvalue weighted by Crippen LogP contribution is 2.20. The van der Waals surface area contributed by atoms with E-state index in [1.54, 1.807) is 12.4 Å². The molecular weight excluding hydrogens is 238 g/mol. The van der Waals surface area contributed by atoms with Gasteiger partial charge in [0, 0.05) is 25.0 Å². The number of ether oxygens (including phenoxy) is 1. The number of nitrogens with zero attached hydrogens (tertiary/aromatic N) is 2. The van der Waals surface area contributed by atoms with Crippen LogP contribution in [0.15, 0.2) is 12.4 Å². The van der Waals surface area contributed by atoms with Crippen LogP contribution in [0.1, 0.15) is 56.5 Å². The summed E-state index contributed by atoms with van der Waals surface area (Å²) in [4.78, 5) is 8.65. The maximum absolute atomic E-state index is 5.90. The zero-order chi connectivity index (χ0) is 13.5. The number of hydrogen-bond donors (Lipinski definition) is 1. The van der Waals surface area contributed by atoms with Crippen molar-refractivity contribution in [3.8, 4) is 0 Å². The summed E-state index contributed by atoms with van der Waals surface area (Å²) in [5.74, 6) is 0. The molecule has 4 heteroatoms. The lowest BCUT2D eigenvalue weighted by molar-refractivity contribution is 0.0295. The molecule has 1 aromatic heterocycles. The Kier molecular flexibility index (Phi) is 5.73. The fraction of sp³-hybridized carbons (Fsp3) is 0.733. The van der Waals surface area contributed by atoms with Gasteiger partial charge in [0.25, 0.3) is 0 Å². The van der Waals surface area contributed by atoms with Crippen molar-refractivity contribution in [1.29, 1.82) is 0 Å². The van der Waals surface area contributed by atoms with E-state index in [-0.39, 0.29) is 6.04 Å². The number of nitrogens with one attached hydrogen (secondary N) is 1. The van der Waals surface area contributed by atoms with Gasteiger partial charge in [-0.3, -0.25) is 9.97 Å². The Balaban J connectivity index is 1.66. The van der Waals surface area contributed by atoms with E-state index in [0.29, 0.717) is 6.10 Å². The lowest BCUT2D eigenvalue weighted by Crippen LogP contribution is -2.27. The standard InChI is InChI=1S/C15H25N3O/c1-12-15(18-9-8-16-12)13(2)17-10-11-19-14-6-4-3-5-7-14/h8-9,13-14,17H,3-7,10-11H2,1-2H3. The summed E-state index contributed by atoms with van der Waals surface area (Å²) < 4.78 is 5.90. The number of aryl methyl sites for hydroxylation is 1. The van der Waals surface area contributed by atoms with E-state index < -0.39 is 0 Å². The molecule has 1 saturated carbocycles. The molecule has 1 fully saturated rings. The van der Waals surface area contributed by atoms with Crippen LogP contribution in [0.4, 0.5) is 0 Å². The quantitative estimate of drug-likeness (QED) is 0.802. The molecule has 1 aliphatic carbocycles. The summed E-state index contributed by atoms with van der Waals surface area (Å²) in [7, 11) is 0. The maximum Gasteiger partial charge on any atom is 0.0782 e. The molecule has 0 spiro atoms. The minimum Gasteiger partial charge on any atom is -0.377 e. The summed E-state index contributed by atoms with van der Waals surface area (Å²) >= 11 is 0. The van der Waals surface area contributed by atoms with Crippen LogP contribution in [-0.4, -0.2) is 29.2 Å². The van der Waals surface area contributed by atoms with E-state index in [1.807, 2.05) is 6.92 Å². The molecule has 0 aromatic carbocycles. The van der Waals surface area contributed by atoms with Crippen LogP contribution in [0.3, 0.4) is 0 Å². The molecule has 1 unspecified atom stereocenters. The molecule has 1 aromatic rings. The van der Waals surface area contributed by atoms with E-state index in [1.165, 1.54) is 32.1 Å². The van der Waals surface area contributed by atoms with Gasteiger partial charge in [0.05, 0.1) is 24.1 Å². The van der Waals surface area contributed by atoms with Gasteiger partial charge in [-0.05, 0) is 26.7 Å². The van der Waals surface area contributed by atoms with Crippen molar-refractivity contribution in [2.75, 3.05) is 13.2 Å². The SMILES string of the molecule is Cc1nccnc1C(C)NCCOC1CCCCC1. The van der Waals surface area contributed by atoms with Crippen molar-refractivity contribution in [2.24, 2.45) is 0 Å². The lowest BCUT2D eigenvalue weighted by Gasteiger charge is -2.22. The third kappa shape index (κ3) is 4.55. The van der Waals surface area contributed by atoms with Crippen molar-refractivity contribution in [1.82, 2.24) is 15.3 Å². The van der Waals surface area contributed by atoms with Crippen LogP contribution in [-0.2, 0) is 4.74 Å². The van der Waals surface area contributed by atoms with Gasteiger partial charge < -0.3 is 10.1 Å². The molecule has 0 radical (unpaired) electrons. The van der Waals surface area contributed by atoms with Gasteiger partial charge in [0.15, 0.2) is 0 Å². The predicted octanol–water partition coefficient (Wildman–Crippen LogP) is 2.78. The Labute approximate surface area is 116 Å². The van der Waals surface area contributed by atoms with Crippen molar-refractivity contribution in [3.63, 3.8) is 0 Å². The van der Waals surface area contributed by atoms with Gasteiger partial charge in [-0.15, -0.1) is 0 Å². The summed E-state index contributed by atoms with van der Waals surface area (Å²) in [6.45, 7) is 5.78. The second-order valence-corrected chi connectivity index (χ2v) is 5.33. The molecule has 0 aliphatic heterocycles. The Hall–Kier alpha value is -1.00. The van der Waals surface area contributed by atoms with E-state index >= 15 is 0 Å². The Morgan fingerprint density at radius 3 is 2.74 bits per heavy atom. The Bertz CT molecular complexity index is 377. The fourth-order valence-corrected chi connectivity index (χ4v) is 2.67. The molecule has 106 valence electrons. The van der Waals surface area contributed by atoms with Gasteiger partial charge in [-0.25, -0.2) is 0 Å². The first kappa shape index (κ1) is 14.4. The van der Waals surface area contributed by atoms with Crippen LogP contribution in [0.25, 0.3) is 0 Å².